The van der Waals surface area contributed by atoms with Gasteiger partial charge in [0.25, 0.3) is 0 Å². The third-order valence-electron chi connectivity index (χ3n) is 3.18. The summed E-state index contributed by atoms with van der Waals surface area (Å²) in [6.45, 7) is 6.17. The molecule has 21 heavy (non-hydrogen) atoms. The predicted molar refractivity (Wildman–Crippen MR) is 88.1 cm³/mol. The molecule has 0 unspecified atom stereocenters. The first-order chi connectivity index (χ1) is 10.0. The number of hydroxylamine groups is 1. The zero-order valence-electron chi connectivity index (χ0n) is 13.2. The van der Waals surface area contributed by atoms with E-state index in [1.165, 1.54) is 11.1 Å². The Balaban J connectivity index is 2.03. The predicted octanol–water partition coefficient (Wildman–Crippen LogP) is 4.16. The lowest BCUT2D eigenvalue weighted by Gasteiger charge is -2.25. The third kappa shape index (κ3) is 6.11. The largest absolute Gasteiger partial charge is 0.296 e. The summed E-state index contributed by atoms with van der Waals surface area (Å²) >= 11 is 0. The van der Waals surface area contributed by atoms with Crippen LogP contribution >= 0.6 is 0 Å². The molecule has 2 aromatic carbocycles. The highest BCUT2D eigenvalue weighted by atomic mass is 16.7. The van der Waals surface area contributed by atoms with Crippen molar-refractivity contribution in [1.82, 2.24) is 5.48 Å². The van der Waals surface area contributed by atoms with Crippen LogP contribution in [0.5, 0.6) is 0 Å². The van der Waals surface area contributed by atoms with Gasteiger partial charge in [0.05, 0.1) is 5.60 Å². The van der Waals surface area contributed by atoms with E-state index in [0.717, 1.165) is 12.8 Å². The Kier molecular flexibility index (Phi) is 5.54. The van der Waals surface area contributed by atoms with E-state index in [1.54, 1.807) is 0 Å². The Bertz CT molecular complexity index is 475. The number of benzene rings is 2. The van der Waals surface area contributed by atoms with Crippen LogP contribution in [0, 0.1) is 0 Å². The minimum absolute atomic E-state index is 0.189. The molecule has 0 heterocycles. The molecule has 2 nitrogen and oxygen atoms in total. The molecule has 0 bridgehead atoms. The molecule has 0 radical (unpaired) electrons. The third-order valence-corrected chi connectivity index (χ3v) is 3.18. The van der Waals surface area contributed by atoms with Crippen LogP contribution in [0.1, 0.15) is 31.9 Å². The van der Waals surface area contributed by atoms with Gasteiger partial charge in [0.1, 0.15) is 0 Å². The van der Waals surface area contributed by atoms with Crippen LogP contribution in [0.15, 0.2) is 60.7 Å². The van der Waals surface area contributed by atoms with Crippen molar-refractivity contribution in [3.63, 3.8) is 0 Å². The number of rotatable bonds is 6. The van der Waals surface area contributed by atoms with Gasteiger partial charge in [-0.1, -0.05) is 60.7 Å². The van der Waals surface area contributed by atoms with Gasteiger partial charge in [0.2, 0.25) is 0 Å². The summed E-state index contributed by atoms with van der Waals surface area (Å²) in [5, 5.41) is 0. The van der Waals surface area contributed by atoms with Crippen LogP contribution < -0.4 is 5.48 Å². The second-order valence-electron chi connectivity index (χ2n) is 6.41. The van der Waals surface area contributed by atoms with Gasteiger partial charge in [0.15, 0.2) is 0 Å². The Hall–Kier alpha value is -1.64. The molecular weight excluding hydrogens is 258 g/mol. The first-order valence-corrected chi connectivity index (χ1v) is 7.54. The zero-order chi connectivity index (χ0) is 15.1. The van der Waals surface area contributed by atoms with Crippen molar-refractivity contribution in [1.29, 1.82) is 0 Å². The Labute approximate surface area is 128 Å². The van der Waals surface area contributed by atoms with Crippen molar-refractivity contribution < 1.29 is 4.84 Å². The molecule has 0 saturated carbocycles. The highest BCUT2D eigenvalue weighted by molar-refractivity contribution is 5.19. The fourth-order valence-electron chi connectivity index (χ4n) is 2.21. The molecule has 0 aliphatic heterocycles. The molecule has 0 aliphatic rings. The molecule has 2 heteroatoms. The van der Waals surface area contributed by atoms with Crippen LogP contribution in [0.2, 0.25) is 0 Å². The topological polar surface area (TPSA) is 21.3 Å². The summed E-state index contributed by atoms with van der Waals surface area (Å²) in [4.78, 5) is 5.79. The number of nitrogens with one attached hydrogen (secondary N) is 1. The van der Waals surface area contributed by atoms with E-state index in [-0.39, 0.29) is 11.6 Å². The summed E-state index contributed by atoms with van der Waals surface area (Å²) in [7, 11) is 0. The number of hydrogen-bond donors (Lipinski definition) is 1. The fourth-order valence-corrected chi connectivity index (χ4v) is 2.21. The Morgan fingerprint density at radius 2 is 1.24 bits per heavy atom. The summed E-state index contributed by atoms with van der Waals surface area (Å²) in [5.41, 5.74) is 5.71. The van der Waals surface area contributed by atoms with Gasteiger partial charge in [-0.2, -0.15) is 5.48 Å². The van der Waals surface area contributed by atoms with Gasteiger partial charge in [-0.05, 0) is 44.7 Å². The van der Waals surface area contributed by atoms with Gasteiger partial charge in [-0.15, -0.1) is 0 Å². The minimum Gasteiger partial charge on any atom is -0.296 e. The number of hydrogen-bond acceptors (Lipinski definition) is 2. The van der Waals surface area contributed by atoms with E-state index in [2.05, 4.69) is 86.9 Å². The van der Waals surface area contributed by atoms with E-state index in [0.29, 0.717) is 0 Å². The summed E-state index contributed by atoms with van der Waals surface area (Å²) < 4.78 is 0. The van der Waals surface area contributed by atoms with Crippen molar-refractivity contribution in [3.8, 4) is 0 Å². The quantitative estimate of drug-likeness (QED) is 0.804. The smallest absolute Gasteiger partial charge is 0.0813 e. The Morgan fingerprint density at radius 3 is 1.62 bits per heavy atom. The monoisotopic (exact) mass is 283 g/mol. The maximum Gasteiger partial charge on any atom is 0.0813 e. The summed E-state index contributed by atoms with van der Waals surface area (Å²) in [6.07, 6.45) is 1.90. The van der Waals surface area contributed by atoms with Crippen molar-refractivity contribution in [2.24, 2.45) is 0 Å². The van der Waals surface area contributed by atoms with Gasteiger partial charge >= 0.3 is 0 Å². The molecule has 2 aromatic rings. The van der Waals surface area contributed by atoms with Crippen molar-refractivity contribution in [2.75, 3.05) is 0 Å². The molecule has 0 spiro atoms. The maximum atomic E-state index is 5.79. The normalized spacial score (nSPS) is 11.8. The molecule has 112 valence electrons. The van der Waals surface area contributed by atoms with Gasteiger partial charge in [-0.3, -0.25) is 4.84 Å². The van der Waals surface area contributed by atoms with E-state index < -0.39 is 0 Å². The fraction of sp³-hybridized carbons (Fsp3) is 0.368. The lowest BCUT2D eigenvalue weighted by molar-refractivity contribution is -0.0881. The molecule has 2 rings (SSSR count). The van der Waals surface area contributed by atoms with Gasteiger partial charge < -0.3 is 0 Å². The van der Waals surface area contributed by atoms with Crippen molar-refractivity contribution in [2.45, 2.75) is 45.3 Å². The van der Waals surface area contributed by atoms with E-state index >= 15 is 0 Å². The molecule has 0 fully saturated rings. The first kappa shape index (κ1) is 15.7. The van der Waals surface area contributed by atoms with Crippen molar-refractivity contribution >= 4 is 0 Å². The van der Waals surface area contributed by atoms with Crippen LogP contribution in [0.4, 0.5) is 0 Å². The summed E-state index contributed by atoms with van der Waals surface area (Å²) in [5.74, 6) is 0. The Morgan fingerprint density at radius 1 is 0.810 bits per heavy atom. The molecule has 1 N–H and O–H groups in total. The van der Waals surface area contributed by atoms with Crippen LogP contribution in [-0.2, 0) is 17.7 Å². The van der Waals surface area contributed by atoms with Gasteiger partial charge in [0, 0.05) is 6.04 Å². The average molecular weight is 283 g/mol. The van der Waals surface area contributed by atoms with Crippen LogP contribution in [-0.4, -0.2) is 11.6 Å². The molecular formula is C19H25NO. The van der Waals surface area contributed by atoms with E-state index in [9.17, 15) is 0 Å². The maximum absolute atomic E-state index is 5.79. The van der Waals surface area contributed by atoms with Crippen LogP contribution in [0.3, 0.4) is 0 Å². The average Bonchev–Trinajstić information content (AvgIpc) is 2.46. The SMILES string of the molecule is CC(C)(C)ONC(Cc1ccccc1)Cc1ccccc1. The molecule has 0 aromatic heterocycles. The van der Waals surface area contributed by atoms with Crippen LogP contribution in [0.25, 0.3) is 0 Å². The first-order valence-electron chi connectivity index (χ1n) is 7.54. The molecule has 0 atom stereocenters. The summed E-state index contributed by atoms with van der Waals surface area (Å²) in [6, 6.07) is 21.3. The van der Waals surface area contributed by atoms with Gasteiger partial charge in [-0.25, -0.2) is 0 Å². The minimum atomic E-state index is -0.189. The molecule has 0 amide bonds. The second kappa shape index (κ2) is 7.39. The highest BCUT2D eigenvalue weighted by Gasteiger charge is 2.16. The zero-order valence-corrected chi connectivity index (χ0v) is 13.2. The van der Waals surface area contributed by atoms with Crippen molar-refractivity contribution in [3.05, 3.63) is 71.8 Å². The highest BCUT2D eigenvalue weighted by Crippen LogP contribution is 2.12. The molecule has 0 saturated heterocycles. The molecule has 0 aliphatic carbocycles. The lowest BCUT2D eigenvalue weighted by Crippen LogP contribution is -2.39. The lowest BCUT2D eigenvalue weighted by atomic mass is 10.00. The second-order valence-corrected chi connectivity index (χ2v) is 6.41. The standard InChI is InChI=1S/C19H25NO/c1-19(2,3)21-20-18(14-16-10-6-4-7-11-16)15-17-12-8-5-9-13-17/h4-13,18,20H,14-15H2,1-3H3. The van der Waals surface area contributed by atoms with E-state index in [1.807, 2.05) is 0 Å². The van der Waals surface area contributed by atoms with E-state index in [4.69, 9.17) is 4.84 Å².